The van der Waals surface area contributed by atoms with Gasteiger partial charge in [0, 0.05) is 6.42 Å². The molecule has 0 radical (unpaired) electrons. The highest BCUT2D eigenvalue weighted by atomic mass is 32.1. The molecule has 1 aliphatic carbocycles. The summed E-state index contributed by atoms with van der Waals surface area (Å²) in [5, 5.41) is 3.95. The maximum atomic E-state index is 12.5. The smallest absolute Gasteiger partial charge is 0.306 e. The number of rotatable bonds is 6. The van der Waals surface area contributed by atoms with E-state index in [1.165, 1.54) is 11.1 Å². The third kappa shape index (κ3) is 4.65. The highest BCUT2D eigenvalue weighted by molar-refractivity contribution is 7.18. The Morgan fingerprint density at radius 2 is 2.00 bits per heavy atom. The van der Waals surface area contributed by atoms with Crippen LogP contribution in [0, 0.1) is 0 Å². The maximum Gasteiger partial charge on any atom is 0.306 e. The first-order valence-electron chi connectivity index (χ1n) is 10.0. The van der Waals surface area contributed by atoms with Crippen LogP contribution in [0.2, 0.25) is 0 Å². The molecule has 0 fully saturated rings. The lowest BCUT2D eigenvalue weighted by Gasteiger charge is -2.27. The van der Waals surface area contributed by atoms with Crippen LogP contribution in [0.5, 0.6) is 0 Å². The molecule has 6 heteroatoms. The fraction of sp³-hybridized carbons (Fsp3) is 0.348. The topological polar surface area (TPSA) is 68.3 Å². The number of nitrogens with one attached hydrogen (secondary N) is 1. The second kappa shape index (κ2) is 8.74. The summed E-state index contributed by atoms with van der Waals surface area (Å²) >= 11 is 1.58. The highest BCUT2D eigenvalue weighted by Crippen LogP contribution is 2.29. The van der Waals surface area contributed by atoms with Crippen molar-refractivity contribution in [2.75, 3.05) is 0 Å². The van der Waals surface area contributed by atoms with Crippen LogP contribution in [0.1, 0.15) is 48.4 Å². The standard InChI is InChI=1S/C23H24N2O3S/c1-15(23(27)25-18-11-6-8-16-7-2-3-9-17(16)18)28-22(26)14-13-21-24-19-10-4-5-12-20(19)29-21/h2-5,7,9-10,12,15,18H,6,8,11,13-14H2,1H3,(H,25,27)/t15-,18-/m1/s1. The Labute approximate surface area is 174 Å². The third-order valence-electron chi connectivity index (χ3n) is 5.24. The van der Waals surface area contributed by atoms with Crippen molar-refractivity contribution in [1.29, 1.82) is 0 Å². The summed E-state index contributed by atoms with van der Waals surface area (Å²) in [5.74, 6) is -0.629. The van der Waals surface area contributed by atoms with Crippen molar-refractivity contribution in [3.63, 3.8) is 0 Å². The van der Waals surface area contributed by atoms with Gasteiger partial charge in [-0.15, -0.1) is 11.3 Å². The van der Waals surface area contributed by atoms with Gasteiger partial charge in [0.05, 0.1) is 27.7 Å². The van der Waals surface area contributed by atoms with Crippen LogP contribution in [0.4, 0.5) is 0 Å². The largest absolute Gasteiger partial charge is 0.453 e. The molecular weight excluding hydrogens is 384 g/mol. The van der Waals surface area contributed by atoms with Crippen molar-refractivity contribution in [3.8, 4) is 0 Å². The van der Waals surface area contributed by atoms with Crippen LogP contribution < -0.4 is 5.32 Å². The number of benzene rings is 2. The van der Waals surface area contributed by atoms with Gasteiger partial charge >= 0.3 is 5.97 Å². The number of carbonyl (C=O) groups is 2. The molecule has 1 N–H and O–H groups in total. The van der Waals surface area contributed by atoms with Gasteiger partial charge in [-0.25, -0.2) is 4.98 Å². The van der Waals surface area contributed by atoms with E-state index in [4.69, 9.17) is 4.74 Å². The lowest BCUT2D eigenvalue weighted by Crippen LogP contribution is -2.39. The van der Waals surface area contributed by atoms with Crippen molar-refractivity contribution >= 4 is 33.4 Å². The molecule has 0 aliphatic heterocycles. The summed E-state index contributed by atoms with van der Waals surface area (Å²) in [6, 6.07) is 16.1. The monoisotopic (exact) mass is 408 g/mol. The van der Waals surface area contributed by atoms with E-state index in [0.717, 1.165) is 34.5 Å². The van der Waals surface area contributed by atoms with Gasteiger partial charge in [-0.05, 0) is 49.4 Å². The van der Waals surface area contributed by atoms with E-state index < -0.39 is 6.10 Å². The molecule has 1 amide bonds. The number of nitrogens with zero attached hydrogens (tertiary/aromatic N) is 1. The first kappa shape index (κ1) is 19.6. The number of aromatic nitrogens is 1. The summed E-state index contributed by atoms with van der Waals surface area (Å²) in [6.07, 6.45) is 2.90. The zero-order valence-corrected chi connectivity index (χ0v) is 17.2. The van der Waals surface area contributed by atoms with Crippen molar-refractivity contribution in [3.05, 3.63) is 64.7 Å². The number of hydrogen-bond acceptors (Lipinski definition) is 5. The van der Waals surface area contributed by atoms with E-state index in [0.29, 0.717) is 6.42 Å². The Balaban J connectivity index is 1.29. The molecule has 29 heavy (non-hydrogen) atoms. The van der Waals surface area contributed by atoms with E-state index in [1.807, 2.05) is 36.4 Å². The van der Waals surface area contributed by atoms with Crippen LogP contribution in [0.15, 0.2) is 48.5 Å². The van der Waals surface area contributed by atoms with Gasteiger partial charge in [0.25, 0.3) is 5.91 Å². The van der Waals surface area contributed by atoms with E-state index in [-0.39, 0.29) is 24.3 Å². The predicted octanol–water partition coefficient (Wildman–Crippen LogP) is 4.35. The number of fused-ring (bicyclic) bond motifs is 2. The lowest BCUT2D eigenvalue weighted by molar-refractivity contribution is -0.155. The van der Waals surface area contributed by atoms with Crippen LogP contribution in [0.3, 0.4) is 0 Å². The number of hydrogen-bond donors (Lipinski definition) is 1. The average molecular weight is 409 g/mol. The maximum absolute atomic E-state index is 12.5. The van der Waals surface area contributed by atoms with Gasteiger partial charge in [0.15, 0.2) is 6.10 Å². The van der Waals surface area contributed by atoms with Crippen LogP contribution in [0.25, 0.3) is 10.2 Å². The molecule has 5 nitrogen and oxygen atoms in total. The molecule has 1 aromatic heterocycles. The Morgan fingerprint density at radius 1 is 1.21 bits per heavy atom. The van der Waals surface area contributed by atoms with Crippen LogP contribution in [-0.2, 0) is 27.2 Å². The molecule has 2 atom stereocenters. The number of amides is 1. The number of aryl methyl sites for hydroxylation is 2. The molecule has 150 valence electrons. The van der Waals surface area contributed by atoms with E-state index in [2.05, 4.69) is 22.4 Å². The minimum Gasteiger partial charge on any atom is -0.453 e. The Kier molecular flexibility index (Phi) is 5.90. The van der Waals surface area contributed by atoms with Crippen molar-refractivity contribution in [1.82, 2.24) is 10.3 Å². The molecule has 2 aromatic carbocycles. The van der Waals surface area contributed by atoms with Crippen molar-refractivity contribution in [2.45, 2.75) is 51.2 Å². The molecule has 0 unspecified atom stereocenters. The number of esters is 1. The van der Waals surface area contributed by atoms with Gasteiger partial charge in [0.1, 0.15) is 0 Å². The molecular formula is C23H24N2O3S. The lowest BCUT2D eigenvalue weighted by atomic mass is 9.87. The van der Waals surface area contributed by atoms with Crippen molar-refractivity contribution in [2.24, 2.45) is 0 Å². The summed E-state index contributed by atoms with van der Waals surface area (Å²) < 4.78 is 6.47. The van der Waals surface area contributed by atoms with Crippen molar-refractivity contribution < 1.29 is 14.3 Å². The first-order chi connectivity index (χ1) is 14.1. The van der Waals surface area contributed by atoms with E-state index >= 15 is 0 Å². The Hall–Kier alpha value is -2.73. The SMILES string of the molecule is C[C@@H](OC(=O)CCc1nc2ccccc2s1)C(=O)N[C@@H]1CCCc2ccccc21. The molecule has 1 aliphatic rings. The molecule has 0 saturated heterocycles. The average Bonchev–Trinajstić information content (AvgIpc) is 3.15. The molecule has 0 saturated carbocycles. The van der Waals surface area contributed by atoms with Crippen LogP contribution >= 0.6 is 11.3 Å². The molecule has 1 heterocycles. The third-order valence-corrected chi connectivity index (χ3v) is 6.34. The molecule has 3 aromatic rings. The number of ether oxygens (including phenoxy) is 1. The molecule has 0 bridgehead atoms. The van der Waals surface area contributed by atoms with E-state index in [1.54, 1.807) is 18.3 Å². The van der Waals surface area contributed by atoms with Gasteiger partial charge < -0.3 is 10.1 Å². The highest BCUT2D eigenvalue weighted by Gasteiger charge is 2.25. The Bertz CT molecular complexity index is 997. The zero-order valence-electron chi connectivity index (χ0n) is 16.4. The predicted molar refractivity (Wildman–Crippen MR) is 114 cm³/mol. The number of carbonyl (C=O) groups excluding carboxylic acids is 2. The Morgan fingerprint density at radius 3 is 2.86 bits per heavy atom. The van der Waals surface area contributed by atoms with Crippen LogP contribution in [-0.4, -0.2) is 23.0 Å². The molecule has 0 spiro atoms. The normalized spacial score (nSPS) is 16.8. The van der Waals surface area contributed by atoms with Gasteiger partial charge in [-0.3, -0.25) is 9.59 Å². The number of thiazole rings is 1. The minimum absolute atomic E-state index is 0.0173. The first-order valence-corrected chi connectivity index (χ1v) is 10.8. The molecule has 4 rings (SSSR count). The summed E-state index contributed by atoms with van der Waals surface area (Å²) in [4.78, 5) is 29.3. The quantitative estimate of drug-likeness (QED) is 0.616. The second-order valence-corrected chi connectivity index (χ2v) is 8.47. The van der Waals surface area contributed by atoms with E-state index in [9.17, 15) is 9.59 Å². The van der Waals surface area contributed by atoms with Gasteiger partial charge in [-0.2, -0.15) is 0 Å². The summed E-state index contributed by atoms with van der Waals surface area (Å²) in [7, 11) is 0. The zero-order chi connectivity index (χ0) is 20.2. The number of para-hydroxylation sites is 1. The summed E-state index contributed by atoms with van der Waals surface area (Å²) in [5.41, 5.74) is 3.40. The minimum atomic E-state index is -0.813. The fourth-order valence-corrected chi connectivity index (χ4v) is 4.71. The second-order valence-electron chi connectivity index (χ2n) is 7.36. The summed E-state index contributed by atoms with van der Waals surface area (Å²) in [6.45, 7) is 1.62. The fourth-order valence-electron chi connectivity index (χ4n) is 3.74. The van der Waals surface area contributed by atoms with Gasteiger partial charge in [-0.1, -0.05) is 36.4 Å². The van der Waals surface area contributed by atoms with Gasteiger partial charge in [0.2, 0.25) is 0 Å².